The zero-order valence-corrected chi connectivity index (χ0v) is 18.6. The smallest absolute Gasteiger partial charge is 0.303 e. The molecular formula is C23H30Cl2O4. The Hall–Kier alpha value is -1.26. The van der Waals surface area contributed by atoms with Crippen LogP contribution in [-0.2, 0) is 11.2 Å². The minimum atomic E-state index is -0.808. The van der Waals surface area contributed by atoms with E-state index in [1.54, 1.807) is 0 Å². The summed E-state index contributed by atoms with van der Waals surface area (Å²) in [4.78, 5) is 24.2. The molecule has 2 aliphatic carbocycles. The van der Waals surface area contributed by atoms with E-state index in [4.69, 9.17) is 33.0 Å². The largest absolute Gasteiger partial charge is 0.492 e. The molecule has 0 aromatic heterocycles. The summed E-state index contributed by atoms with van der Waals surface area (Å²) in [6, 6.07) is 1.89. The maximum Gasteiger partial charge on any atom is 0.303 e. The van der Waals surface area contributed by atoms with Crippen LogP contribution in [-0.4, -0.2) is 23.5 Å². The average molecular weight is 441 g/mol. The molecule has 1 unspecified atom stereocenters. The first-order chi connectivity index (χ1) is 13.9. The van der Waals surface area contributed by atoms with Gasteiger partial charge in [-0.1, -0.05) is 55.8 Å². The fourth-order valence-electron chi connectivity index (χ4n) is 5.08. The van der Waals surface area contributed by atoms with E-state index < -0.39 is 5.97 Å². The number of carboxylic acids is 1. The van der Waals surface area contributed by atoms with Gasteiger partial charge in [0.05, 0.1) is 11.6 Å². The number of fused-ring (bicyclic) bond motifs is 1. The molecule has 0 radical (unpaired) electrons. The van der Waals surface area contributed by atoms with Crippen molar-refractivity contribution in [3.63, 3.8) is 0 Å². The van der Waals surface area contributed by atoms with Gasteiger partial charge in [-0.05, 0) is 56.1 Å². The number of ketones is 1. The lowest BCUT2D eigenvalue weighted by atomic mass is 9.68. The van der Waals surface area contributed by atoms with Gasteiger partial charge in [-0.2, -0.15) is 0 Å². The van der Waals surface area contributed by atoms with Gasteiger partial charge in [0.25, 0.3) is 0 Å². The van der Waals surface area contributed by atoms with Gasteiger partial charge in [-0.25, -0.2) is 0 Å². The molecule has 0 bridgehead atoms. The SMILES string of the molecule is CCCCC1(C2CCCC2)Cc2cc(OCCCCC(=O)O)c(Cl)c(Cl)c2C1=O. The van der Waals surface area contributed by atoms with Crippen LogP contribution >= 0.6 is 23.2 Å². The number of unbranched alkanes of at least 4 members (excludes halogenated alkanes) is 2. The Balaban J connectivity index is 1.82. The van der Waals surface area contributed by atoms with E-state index in [2.05, 4.69) is 6.92 Å². The fraction of sp³-hybridized carbons (Fsp3) is 0.652. The summed E-state index contributed by atoms with van der Waals surface area (Å²) in [5.41, 5.74) is 1.20. The van der Waals surface area contributed by atoms with E-state index in [0.717, 1.165) is 44.1 Å². The van der Waals surface area contributed by atoms with Gasteiger partial charge in [0.15, 0.2) is 5.78 Å². The molecule has 1 atom stereocenters. The van der Waals surface area contributed by atoms with Crippen molar-refractivity contribution in [2.45, 2.75) is 77.6 Å². The highest BCUT2D eigenvalue weighted by Crippen LogP contribution is 2.54. The highest BCUT2D eigenvalue weighted by atomic mass is 35.5. The predicted octanol–water partition coefficient (Wildman–Crippen LogP) is 6.73. The zero-order chi connectivity index (χ0) is 21.0. The van der Waals surface area contributed by atoms with Crippen molar-refractivity contribution >= 4 is 35.0 Å². The molecule has 0 spiro atoms. The molecule has 0 saturated heterocycles. The molecule has 0 aliphatic heterocycles. The highest BCUT2D eigenvalue weighted by molar-refractivity contribution is 6.45. The van der Waals surface area contributed by atoms with Crippen molar-refractivity contribution < 1.29 is 19.4 Å². The van der Waals surface area contributed by atoms with Crippen LogP contribution in [0.25, 0.3) is 0 Å². The number of benzene rings is 1. The zero-order valence-electron chi connectivity index (χ0n) is 17.1. The molecule has 6 heteroatoms. The molecule has 4 nitrogen and oxygen atoms in total. The van der Waals surface area contributed by atoms with Gasteiger partial charge >= 0.3 is 5.97 Å². The molecule has 3 rings (SSSR count). The van der Waals surface area contributed by atoms with Crippen LogP contribution in [0.4, 0.5) is 0 Å². The summed E-state index contributed by atoms with van der Waals surface area (Å²) < 4.78 is 5.81. The Morgan fingerprint density at radius 2 is 1.93 bits per heavy atom. The van der Waals surface area contributed by atoms with E-state index in [-0.39, 0.29) is 22.6 Å². The third-order valence-corrected chi connectivity index (χ3v) is 7.45. The predicted molar refractivity (Wildman–Crippen MR) is 115 cm³/mol. The fourth-order valence-corrected chi connectivity index (χ4v) is 5.58. The molecule has 0 amide bonds. The van der Waals surface area contributed by atoms with Crippen LogP contribution in [0, 0.1) is 11.3 Å². The monoisotopic (exact) mass is 440 g/mol. The van der Waals surface area contributed by atoms with Crippen molar-refractivity contribution in [3.8, 4) is 5.75 Å². The van der Waals surface area contributed by atoms with Gasteiger partial charge in [-0.15, -0.1) is 0 Å². The lowest BCUT2D eigenvalue weighted by Gasteiger charge is -2.34. The summed E-state index contributed by atoms with van der Waals surface area (Å²) in [6.45, 7) is 2.54. The Kier molecular flexibility index (Phi) is 7.50. The Bertz CT molecular complexity index is 771. The van der Waals surface area contributed by atoms with Gasteiger partial charge < -0.3 is 9.84 Å². The van der Waals surface area contributed by atoms with E-state index in [1.807, 2.05) is 6.07 Å². The molecule has 1 aromatic carbocycles. The Morgan fingerprint density at radius 3 is 2.59 bits per heavy atom. The second-order valence-electron chi connectivity index (χ2n) is 8.48. The third-order valence-electron chi connectivity index (χ3n) is 6.60. The minimum absolute atomic E-state index is 0.123. The summed E-state index contributed by atoms with van der Waals surface area (Å²) >= 11 is 13.0. The average Bonchev–Trinajstić information content (AvgIpc) is 3.31. The maximum atomic E-state index is 13.6. The van der Waals surface area contributed by atoms with E-state index >= 15 is 0 Å². The first kappa shape index (κ1) is 22.4. The molecule has 1 saturated carbocycles. The number of Topliss-reactive ketones (excluding diaryl/α,β-unsaturated/α-hetero) is 1. The van der Waals surface area contributed by atoms with Crippen LogP contribution < -0.4 is 4.74 Å². The molecule has 2 aliphatic rings. The first-order valence-corrected chi connectivity index (χ1v) is 11.6. The molecule has 29 heavy (non-hydrogen) atoms. The number of carbonyl (C=O) groups is 2. The number of halogens is 2. The summed E-state index contributed by atoms with van der Waals surface area (Å²) in [5.74, 6) is 0.283. The molecule has 160 valence electrons. The van der Waals surface area contributed by atoms with Crippen molar-refractivity contribution in [1.29, 1.82) is 0 Å². The van der Waals surface area contributed by atoms with E-state index in [1.165, 1.54) is 12.8 Å². The number of rotatable bonds is 10. The summed E-state index contributed by atoms with van der Waals surface area (Å²) in [5, 5.41) is 9.33. The molecule has 1 aromatic rings. The second-order valence-corrected chi connectivity index (χ2v) is 9.24. The van der Waals surface area contributed by atoms with Crippen LogP contribution in [0.15, 0.2) is 6.07 Å². The quantitative estimate of drug-likeness (QED) is 0.409. The van der Waals surface area contributed by atoms with Crippen LogP contribution in [0.1, 0.15) is 87.1 Å². The van der Waals surface area contributed by atoms with Crippen molar-refractivity contribution in [2.24, 2.45) is 11.3 Å². The molecular weight excluding hydrogens is 411 g/mol. The van der Waals surface area contributed by atoms with Crippen molar-refractivity contribution in [1.82, 2.24) is 0 Å². The number of aliphatic carboxylic acids is 1. The van der Waals surface area contributed by atoms with Gasteiger partial charge in [0.1, 0.15) is 10.8 Å². The van der Waals surface area contributed by atoms with E-state index in [9.17, 15) is 9.59 Å². The number of ether oxygens (including phenoxy) is 1. The molecule has 0 heterocycles. The number of hydrogen-bond donors (Lipinski definition) is 1. The second kappa shape index (κ2) is 9.70. The van der Waals surface area contributed by atoms with E-state index in [0.29, 0.717) is 41.7 Å². The Labute approximate surface area is 182 Å². The van der Waals surface area contributed by atoms with Gasteiger partial charge in [0, 0.05) is 17.4 Å². The van der Waals surface area contributed by atoms with Gasteiger partial charge in [0.2, 0.25) is 0 Å². The summed E-state index contributed by atoms with van der Waals surface area (Å²) in [7, 11) is 0. The number of hydrogen-bond acceptors (Lipinski definition) is 3. The molecule has 1 fully saturated rings. The topological polar surface area (TPSA) is 63.6 Å². The maximum absolute atomic E-state index is 13.6. The van der Waals surface area contributed by atoms with Gasteiger partial charge in [-0.3, -0.25) is 9.59 Å². The number of carbonyl (C=O) groups excluding carboxylic acids is 1. The highest BCUT2D eigenvalue weighted by Gasteiger charge is 2.51. The molecule has 1 N–H and O–H groups in total. The van der Waals surface area contributed by atoms with Crippen molar-refractivity contribution in [3.05, 3.63) is 27.2 Å². The van der Waals surface area contributed by atoms with Crippen LogP contribution in [0.5, 0.6) is 5.75 Å². The first-order valence-electron chi connectivity index (χ1n) is 10.8. The minimum Gasteiger partial charge on any atom is -0.492 e. The van der Waals surface area contributed by atoms with Crippen LogP contribution in [0.3, 0.4) is 0 Å². The van der Waals surface area contributed by atoms with Crippen molar-refractivity contribution in [2.75, 3.05) is 6.61 Å². The lowest BCUT2D eigenvalue weighted by Crippen LogP contribution is -2.35. The normalized spacial score (nSPS) is 21.6. The third kappa shape index (κ3) is 4.59. The van der Waals surface area contributed by atoms with Crippen LogP contribution in [0.2, 0.25) is 10.0 Å². The Morgan fingerprint density at radius 1 is 1.21 bits per heavy atom. The summed E-state index contributed by atoms with van der Waals surface area (Å²) in [6.07, 6.45) is 9.64. The lowest BCUT2D eigenvalue weighted by molar-refractivity contribution is -0.137. The number of carboxylic acid groups (broad SMARTS) is 1. The standard InChI is InChI=1S/C23H30Cl2O4/c1-2-3-11-23(16-8-4-5-9-16)14-15-13-17(29-12-7-6-10-18(26)27)20(24)21(25)19(15)22(23)28/h13,16H,2-12,14H2,1H3,(H,26,27).